The molecule has 0 fully saturated rings. The predicted octanol–water partition coefficient (Wildman–Crippen LogP) is 22.9. The van der Waals surface area contributed by atoms with E-state index in [4.69, 9.17) is 104 Å². The summed E-state index contributed by atoms with van der Waals surface area (Å²) in [6, 6.07) is 62.4. The fourth-order valence-electron chi connectivity index (χ4n) is 14.2. The summed E-state index contributed by atoms with van der Waals surface area (Å²) in [7, 11) is -12.0. The van der Waals surface area contributed by atoms with Crippen molar-refractivity contribution >= 4 is 236 Å². The van der Waals surface area contributed by atoms with E-state index in [1.807, 2.05) is 19.1 Å². The number of imidazole rings is 1. The number of carbonyl (C=O) groups excluding carboxylic acids is 6. The number of aromatic hydroxyl groups is 3. The molecule has 3 atom stereocenters. The Morgan fingerprint density at radius 2 is 0.742 bits per heavy atom. The summed E-state index contributed by atoms with van der Waals surface area (Å²) in [4.78, 5) is 84.3. The van der Waals surface area contributed by atoms with E-state index in [9.17, 15) is 69.3 Å². The van der Waals surface area contributed by atoms with Crippen LogP contribution in [0.15, 0.2) is 257 Å². The maximum atomic E-state index is 13.5. The number of phenolic OH excluding ortho intramolecular Hbond substituents is 3. The van der Waals surface area contributed by atoms with Crippen LogP contribution in [0.4, 0.5) is 34.1 Å². The third kappa shape index (κ3) is 21.1. The number of aromatic nitrogens is 5. The van der Waals surface area contributed by atoms with Crippen LogP contribution in [-0.4, -0.2) is 116 Å². The number of halogens is 9. The maximum Gasteiger partial charge on any atom is 0.292 e. The molecule has 0 aliphatic heterocycles. The summed E-state index contributed by atoms with van der Waals surface area (Å²) < 4.78 is 84.2. The largest absolute Gasteiger partial charge is 0.506 e. The van der Waals surface area contributed by atoms with E-state index in [2.05, 4.69) is 42.0 Å². The monoisotopic (exact) mass is 2010 g/mol. The minimum atomic E-state index is -4.01. The van der Waals surface area contributed by atoms with Crippen LogP contribution < -0.4 is 31.9 Å². The number of hydrogen-bond acceptors (Lipinski definition) is 17. The Labute approximate surface area is 802 Å². The highest BCUT2D eigenvalue weighted by Crippen LogP contribution is 2.41. The molecule has 0 aliphatic carbocycles. The summed E-state index contributed by atoms with van der Waals surface area (Å²) >= 11 is 56.2. The van der Waals surface area contributed by atoms with Crippen molar-refractivity contribution in [2.75, 3.05) is 31.9 Å². The predicted molar refractivity (Wildman–Crippen MR) is 522 cm³/mol. The summed E-state index contributed by atoms with van der Waals surface area (Å²) in [5.41, 5.74) is 6.86. The highest BCUT2D eigenvalue weighted by molar-refractivity contribution is 7.93. The van der Waals surface area contributed by atoms with Crippen LogP contribution in [-0.2, 0) is 43.9 Å². The van der Waals surface area contributed by atoms with Gasteiger partial charge in [-0.2, -0.15) is 5.10 Å². The van der Waals surface area contributed by atoms with Crippen molar-refractivity contribution in [2.45, 2.75) is 91.2 Å². The zero-order valence-electron chi connectivity index (χ0n) is 70.1. The van der Waals surface area contributed by atoms with E-state index in [-0.39, 0.29) is 105 Å². The van der Waals surface area contributed by atoms with Gasteiger partial charge in [-0.1, -0.05) is 216 Å². The van der Waals surface area contributed by atoms with Crippen molar-refractivity contribution in [3.05, 3.63) is 322 Å². The number of amides is 6. The van der Waals surface area contributed by atoms with Gasteiger partial charge in [-0.15, -0.1) is 0 Å². The lowest BCUT2D eigenvalue weighted by atomic mass is 10.1. The molecular formula is C94H76Cl9N11O15S3. The number of hydrogen-bond donors (Lipinski definition) is 9. The van der Waals surface area contributed by atoms with Gasteiger partial charge < -0.3 is 51.8 Å². The number of para-hydroxylation sites is 4. The number of anilines is 6. The first-order chi connectivity index (χ1) is 62.7. The molecule has 132 heavy (non-hydrogen) atoms. The molecule has 3 unspecified atom stereocenters. The van der Waals surface area contributed by atoms with Crippen LogP contribution in [0.1, 0.15) is 88.2 Å². The first-order valence-electron chi connectivity index (χ1n) is 40.0. The van der Waals surface area contributed by atoms with E-state index >= 15 is 0 Å². The second-order valence-electron chi connectivity index (χ2n) is 29.9. The highest BCUT2D eigenvalue weighted by atomic mass is 35.5. The second kappa shape index (κ2) is 40.9. The molecule has 38 heteroatoms. The molecule has 15 aromatic rings. The van der Waals surface area contributed by atoms with Gasteiger partial charge in [0.15, 0.2) is 35.2 Å². The molecule has 0 spiro atoms. The van der Waals surface area contributed by atoms with Crippen LogP contribution >= 0.6 is 104 Å². The fourth-order valence-corrected chi connectivity index (χ4v) is 20.8. The molecule has 0 saturated carbocycles. The number of nitrogens with zero attached hydrogens (tertiary/aromatic N) is 5. The topological polar surface area (TPSA) is 378 Å². The van der Waals surface area contributed by atoms with Crippen LogP contribution in [0.3, 0.4) is 0 Å². The van der Waals surface area contributed by atoms with Gasteiger partial charge in [-0.05, 0) is 185 Å². The molecule has 26 nitrogen and oxygen atoms in total. The fraction of sp³-hybridized carbons (Fsp3) is 0.128. The third-order valence-electron chi connectivity index (χ3n) is 20.9. The van der Waals surface area contributed by atoms with Gasteiger partial charge in [0.25, 0.3) is 17.7 Å². The Kier molecular flexibility index (Phi) is 30.1. The van der Waals surface area contributed by atoms with Crippen molar-refractivity contribution in [1.29, 1.82) is 0 Å². The normalized spacial score (nSPS) is 12.2. The highest BCUT2D eigenvalue weighted by Gasteiger charge is 2.37. The van der Waals surface area contributed by atoms with Gasteiger partial charge in [-0.3, -0.25) is 33.3 Å². The van der Waals surface area contributed by atoms with Gasteiger partial charge in [0.2, 0.25) is 23.5 Å². The van der Waals surface area contributed by atoms with E-state index in [1.54, 1.807) is 206 Å². The van der Waals surface area contributed by atoms with E-state index in [1.165, 1.54) is 54.6 Å². The van der Waals surface area contributed by atoms with Crippen molar-refractivity contribution in [1.82, 2.24) is 23.9 Å². The van der Waals surface area contributed by atoms with Gasteiger partial charge in [0.1, 0.15) is 33.0 Å². The molecule has 6 amide bonds. The molecule has 0 bridgehead atoms. The van der Waals surface area contributed by atoms with Crippen LogP contribution in [0.2, 0.25) is 45.2 Å². The minimum Gasteiger partial charge on any atom is -0.506 e. The Bertz CT molecular complexity index is 7500. The Morgan fingerprint density at radius 1 is 0.348 bits per heavy atom. The molecule has 15 rings (SSSR count). The van der Waals surface area contributed by atoms with Crippen molar-refractivity contribution in [3.63, 3.8) is 0 Å². The summed E-state index contributed by atoms with van der Waals surface area (Å²) in [5, 5.41) is 51.1. The first-order valence-corrected chi connectivity index (χ1v) is 48.0. The molecule has 9 N–H and O–H groups in total. The lowest BCUT2D eigenvalue weighted by molar-refractivity contribution is -0.116. The van der Waals surface area contributed by atoms with Gasteiger partial charge >= 0.3 is 0 Å². The average Bonchev–Trinajstić information content (AvgIpc) is 1.67. The zero-order valence-corrected chi connectivity index (χ0v) is 79.3. The molecule has 12 aromatic carbocycles. The summed E-state index contributed by atoms with van der Waals surface area (Å²) in [6.45, 7) is 10.1. The zero-order chi connectivity index (χ0) is 95.3. The third-order valence-corrected chi connectivity index (χ3v) is 30.7. The van der Waals surface area contributed by atoms with E-state index in [0.717, 1.165) is 40.4 Å². The number of benzene rings is 12. The standard InChI is InChI=1S/C32H26Cl3N3O5S.2C31H25Cl3N4O5S/c1-3-30(44(42,43)20-8-6-7-18(2)13-20)32(41)36-26-16-29(39)27(15-25(26)35)37-31(40)22-17-38(28-10-5-4-9-21(22)28)19-11-12-23(33)24(34)14-19;1-3-28(44(42,43)19-8-6-7-17(2)13-19)30(40)36-24-16-27(39)25(15-22(24)34)37-31(41)29-35-23-9-4-5-10-26(23)38(29)18-11-12-20(32)21(33)14-18;1-3-28(44(42,43)19-11-8-17(2)9-12-19)30(40)35-24-16-27(39)25(15-23(24)34)36-31(41)29-20-6-4-5-7-26(20)38(37-29)18-10-13-21(32)22(33)14-18/h4-17,30,39H,3H2,1-2H3,(H,36,41)(H,37,40);4-16,28,39H,3H2,1-2H3,(H,36,40)(H,37,41);4-16,28,39H,3H2,1-2H3,(H,35,40)(H,36,41). The molecule has 0 saturated heterocycles. The summed E-state index contributed by atoms with van der Waals surface area (Å²) in [6.07, 6.45) is 1.66. The number of carbonyl (C=O) groups is 6. The molecule has 3 heterocycles. The van der Waals surface area contributed by atoms with Gasteiger partial charge in [0, 0.05) is 46.5 Å². The first kappa shape index (κ1) is 97.3. The quantitative estimate of drug-likeness (QED) is 0.0254. The Morgan fingerprint density at radius 3 is 1.20 bits per heavy atom. The second-order valence-corrected chi connectivity index (χ2v) is 40.0. The van der Waals surface area contributed by atoms with Crippen LogP contribution in [0.5, 0.6) is 17.2 Å². The van der Waals surface area contributed by atoms with Crippen LogP contribution in [0, 0.1) is 20.8 Å². The lowest BCUT2D eigenvalue weighted by Gasteiger charge is -2.18. The number of aryl methyl sites for hydroxylation is 3. The number of fused-ring (bicyclic) bond motifs is 3. The van der Waals surface area contributed by atoms with Gasteiger partial charge in [0.05, 0.1) is 127 Å². The van der Waals surface area contributed by atoms with Gasteiger partial charge in [-0.25, -0.2) is 34.9 Å². The Hall–Kier alpha value is -12.2. The number of sulfone groups is 3. The van der Waals surface area contributed by atoms with E-state index in [0.29, 0.717) is 75.1 Å². The molecule has 0 radical (unpaired) electrons. The molecule has 0 aliphatic rings. The van der Waals surface area contributed by atoms with Crippen molar-refractivity contribution in [2.24, 2.45) is 0 Å². The summed E-state index contributed by atoms with van der Waals surface area (Å²) in [5.74, 6) is -5.52. The number of rotatable bonds is 24. The number of phenols is 3. The molecular weight excluding hydrogens is 1940 g/mol. The van der Waals surface area contributed by atoms with E-state index < -0.39 is 92.2 Å². The van der Waals surface area contributed by atoms with Crippen molar-refractivity contribution in [3.8, 4) is 34.3 Å². The number of nitrogens with one attached hydrogen (secondary N) is 6. The SMILES string of the molecule is CCC(C(=O)Nc1cc(O)c(NC(=O)c2cn(-c3ccc(Cl)c(Cl)c3)c3ccccc23)cc1Cl)S(=O)(=O)c1cccc(C)c1.CCC(C(=O)Nc1cc(O)c(NC(=O)c2nc3ccccc3n2-c2ccc(Cl)c(Cl)c2)cc1Cl)S(=O)(=O)c1cccc(C)c1.CCC(C(=O)Nc1cc(O)c(NC(=O)c2nn(-c3ccc(Cl)c(Cl)c3)c3ccccc23)cc1Cl)S(=O)(=O)c1ccc(C)cc1. The van der Waals surface area contributed by atoms with Crippen molar-refractivity contribution < 1.29 is 69.3 Å². The Balaban J connectivity index is 0.000000168. The minimum absolute atomic E-state index is 0.000315. The smallest absolute Gasteiger partial charge is 0.292 e. The van der Waals surface area contributed by atoms with Crippen LogP contribution in [0.25, 0.3) is 49.9 Å². The maximum absolute atomic E-state index is 13.5. The molecule has 3 aromatic heterocycles. The lowest BCUT2D eigenvalue weighted by Crippen LogP contribution is -2.34. The molecule has 678 valence electrons. The average molecular weight is 2010 g/mol.